The van der Waals surface area contributed by atoms with Crippen molar-refractivity contribution in [2.45, 2.75) is 38.8 Å². The minimum atomic E-state index is 0.755. The molecule has 1 aliphatic rings. The third kappa shape index (κ3) is 4.46. The molecule has 4 heteroatoms. The molecule has 0 radical (unpaired) electrons. The summed E-state index contributed by atoms with van der Waals surface area (Å²) in [4.78, 5) is 9.37. The van der Waals surface area contributed by atoms with E-state index < -0.39 is 0 Å². The van der Waals surface area contributed by atoms with Gasteiger partial charge < -0.3 is 10.2 Å². The SMILES string of the molecule is CCCNc1ccc(CN2CCC(N(C)C)CC2)cn1. The Labute approximate surface area is 123 Å². The molecule has 0 saturated carbocycles. The zero-order valence-corrected chi connectivity index (χ0v) is 13.1. The van der Waals surface area contributed by atoms with E-state index in [1.54, 1.807) is 0 Å². The molecule has 1 fully saturated rings. The summed E-state index contributed by atoms with van der Waals surface area (Å²) in [6, 6.07) is 5.05. The summed E-state index contributed by atoms with van der Waals surface area (Å²) in [5, 5.41) is 3.31. The van der Waals surface area contributed by atoms with Gasteiger partial charge in [0.15, 0.2) is 0 Å². The number of piperidine rings is 1. The van der Waals surface area contributed by atoms with Gasteiger partial charge >= 0.3 is 0 Å². The lowest BCUT2D eigenvalue weighted by Crippen LogP contribution is -2.41. The second-order valence-electron chi connectivity index (χ2n) is 5.95. The second kappa shape index (κ2) is 7.60. The third-order valence-electron chi connectivity index (χ3n) is 4.07. The normalized spacial score (nSPS) is 17.6. The number of nitrogens with zero attached hydrogens (tertiary/aromatic N) is 3. The third-order valence-corrected chi connectivity index (χ3v) is 4.07. The van der Waals surface area contributed by atoms with Crippen molar-refractivity contribution in [3.8, 4) is 0 Å². The lowest BCUT2D eigenvalue weighted by atomic mass is 10.0. The van der Waals surface area contributed by atoms with Crippen molar-refractivity contribution in [1.82, 2.24) is 14.8 Å². The van der Waals surface area contributed by atoms with Gasteiger partial charge in [0.1, 0.15) is 5.82 Å². The molecular weight excluding hydrogens is 248 g/mol. The van der Waals surface area contributed by atoms with Crippen molar-refractivity contribution < 1.29 is 0 Å². The molecule has 1 saturated heterocycles. The summed E-state index contributed by atoms with van der Waals surface area (Å²) in [6.45, 7) is 6.57. The van der Waals surface area contributed by atoms with Crippen LogP contribution in [-0.4, -0.2) is 54.6 Å². The number of pyridine rings is 1. The van der Waals surface area contributed by atoms with Crippen LogP contribution in [0, 0.1) is 0 Å². The zero-order valence-electron chi connectivity index (χ0n) is 13.1. The first-order valence-corrected chi connectivity index (χ1v) is 7.76. The highest BCUT2D eigenvalue weighted by atomic mass is 15.2. The molecule has 0 spiro atoms. The van der Waals surface area contributed by atoms with Gasteiger partial charge in [0.25, 0.3) is 0 Å². The van der Waals surface area contributed by atoms with E-state index in [2.05, 4.69) is 53.3 Å². The van der Waals surface area contributed by atoms with Crippen LogP contribution in [0.15, 0.2) is 18.3 Å². The summed E-state index contributed by atoms with van der Waals surface area (Å²) in [5.41, 5.74) is 1.32. The van der Waals surface area contributed by atoms with E-state index >= 15 is 0 Å². The van der Waals surface area contributed by atoms with Crippen LogP contribution in [0.25, 0.3) is 0 Å². The molecule has 112 valence electrons. The van der Waals surface area contributed by atoms with Gasteiger partial charge in [0.05, 0.1) is 0 Å². The Bertz CT molecular complexity index is 380. The maximum Gasteiger partial charge on any atom is 0.125 e. The minimum Gasteiger partial charge on any atom is -0.370 e. The fraction of sp³-hybridized carbons (Fsp3) is 0.688. The van der Waals surface area contributed by atoms with Crippen molar-refractivity contribution in [2.75, 3.05) is 39.0 Å². The topological polar surface area (TPSA) is 31.4 Å². The first kappa shape index (κ1) is 15.3. The van der Waals surface area contributed by atoms with Crippen molar-refractivity contribution in [1.29, 1.82) is 0 Å². The summed E-state index contributed by atoms with van der Waals surface area (Å²) in [6.07, 6.45) is 5.69. The molecule has 0 amide bonds. The lowest BCUT2D eigenvalue weighted by molar-refractivity contribution is 0.140. The van der Waals surface area contributed by atoms with E-state index in [0.717, 1.165) is 31.4 Å². The van der Waals surface area contributed by atoms with Gasteiger partial charge in [-0.3, -0.25) is 4.90 Å². The first-order chi connectivity index (χ1) is 9.69. The van der Waals surface area contributed by atoms with E-state index in [1.807, 2.05) is 6.20 Å². The molecule has 20 heavy (non-hydrogen) atoms. The van der Waals surface area contributed by atoms with E-state index in [0.29, 0.717) is 0 Å². The largest absolute Gasteiger partial charge is 0.370 e. The number of hydrogen-bond donors (Lipinski definition) is 1. The maximum absolute atomic E-state index is 4.48. The smallest absolute Gasteiger partial charge is 0.125 e. The summed E-state index contributed by atoms with van der Waals surface area (Å²) in [7, 11) is 4.37. The molecular formula is C16H28N4. The van der Waals surface area contributed by atoms with Crippen LogP contribution in [0.5, 0.6) is 0 Å². The van der Waals surface area contributed by atoms with Crippen molar-refractivity contribution in [3.63, 3.8) is 0 Å². The van der Waals surface area contributed by atoms with E-state index in [1.165, 1.54) is 31.5 Å². The molecule has 0 unspecified atom stereocenters. The molecule has 4 nitrogen and oxygen atoms in total. The molecule has 1 aromatic heterocycles. The number of likely N-dealkylation sites (tertiary alicyclic amines) is 1. The highest BCUT2D eigenvalue weighted by Crippen LogP contribution is 2.16. The zero-order chi connectivity index (χ0) is 14.4. The van der Waals surface area contributed by atoms with Crippen LogP contribution in [0.3, 0.4) is 0 Å². The van der Waals surface area contributed by atoms with Crippen LogP contribution >= 0.6 is 0 Å². The molecule has 2 heterocycles. The average Bonchev–Trinajstić information content (AvgIpc) is 2.47. The predicted molar refractivity (Wildman–Crippen MR) is 85.0 cm³/mol. The Kier molecular flexibility index (Phi) is 5.80. The number of rotatable bonds is 6. The molecule has 1 N–H and O–H groups in total. The predicted octanol–water partition coefficient (Wildman–Crippen LogP) is 2.43. The van der Waals surface area contributed by atoms with Crippen molar-refractivity contribution in [2.24, 2.45) is 0 Å². The number of nitrogens with one attached hydrogen (secondary N) is 1. The average molecular weight is 276 g/mol. The van der Waals surface area contributed by atoms with Crippen LogP contribution < -0.4 is 5.32 Å². The molecule has 0 atom stereocenters. The van der Waals surface area contributed by atoms with E-state index in [4.69, 9.17) is 0 Å². The Morgan fingerprint density at radius 2 is 2.05 bits per heavy atom. The quantitative estimate of drug-likeness (QED) is 0.864. The monoisotopic (exact) mass is 276 g/mol. The standard InChI is InChI=1S/C16H28N4/c1-4-9-17-16-6-5-14(12-18-16)13-20-10-7-15(8-11-20)19(2)3/h5-6,12,15H,4,7-11,13H2,1-3H3,(H,17,18). The molecule has 0 bridgehead atoms. The fourth-order valence-corrected chi connectivity index (χ4v) is 2.73. The Balaban J connectivity index is 1.79. The van der Waals surface area contributed by atoms with E-state index in [9.17, 15) is 0 Å². The van der Waals surface area contributed by atoms with Crippen LogP contribution in [0.4, 0.5) is 5.82 Å². The first-order valence-electron chi connectivity index (χ1n) is 7.76. The molecule has 0 aromatic carbocycles. The van der Waals surface area contributed by atoms with Crippen LogP contribution in [0.1, 0.15) is 31.7 Å². The maximum atomic E-state index is 4.48. The molecule has 1 aromatic rings. The summed E-state index contributed by atoms with van der Waals surface area (Å²) >= 11 is 0. The highest BCUT2D eigenvalue weighted by Gasteiger charge is 2.20. The molecule has 1 aliphatic heterocycles. The number of hydrogen-bond acceptors (Lipinski definition) is 4. The summed E-state index contributed by atoms with van der Waals surface area (Å²) in [5.74, 6) is 0.988. The van der Waals surface area contributed by atoms with Crippen molar-refractivity contribution in [3.05, 3.63) is 23.9 Å². The fourth-order valence-electron chi connectivity index (χ4n) is 2.73. The van der Waals surface area contributed by atoms with Gasteiger partial charge in [0, 0.05) is 25.3 Å². The van der Waals surface area contributed by atoms with Crippen LogP contribution in [-0.2, 0) is 6.54 Å². The van der Waals surface area contributed by atoms with Gasteiger partial charge in [0.2, 0.25) is 0 Å². The van der Waals surface area contributed by atoms with Gasteiger partial charge in [-0.05, 0) is 58.1 Å². The minimum absolute atomic E-state index is 0.755. The second-order valence-corrected chi connectivity index (χ2v) is 5.95. The van der Waals surface area contributed by atoms with Crippen molar-refractivity contribution >= 4 is 5.82 Å². The van der Waals surface area contributed by atoms with E-state index in [-0.39, 0.29) is 0 Å². The van der Waals surface area contributed by atoms with Gasteiger partial charge in [-0.25, -0.2) is 4.98 Å². The Morgan fingerprint density at radius 3 is 2.60 bits per heavy atom. The van der Waals surface area contributed by atoms with Gasteiger partial charge in [-0.2, -0.15) is 0 Å². The molecule has 2 rings (SSSR count). The summed E-state index contributed by atoms with van der Waals surface area (Å²) < 4.78 is 0. The number of aromatic nitrogens is 1. The van der Waals surface area contributed by atoms with Gasteiger partial charge in [-0.15, -0.1) is 0 Å². The van der Waals surface area contributed by atoms with Gasteiger partial charge in [-0.1, -0.05) is 13.0 Å². The molecule has 0 aliphatic carbocycles. The van der Waals surface area contributed by atoms with Crippen LogP contribution in [0.2, 0.25) is 0 Å². The highest BCUT2D eigenvalue weighted by molar-refractivity contribution is 5.35. The Morgan fingerprint density at radius 1 is 1.30 bits per heavy atom. The number of anilines is 1. The Hall–Kier alpha value is -1.13. The lowest BCUT2D eigenvalue weighted by Gasteiger charge is -2.35.